The average Bonchev–Trinajstić information content (AvgIpc) is 3.42. The lowest BCUT2D eigenvalue weighted by atomic mass is 10.1. The van der Waals surface area contributed by atoms with Crippen molar-refractivity contribution in [2.45, 2.75) is 25.3 Å². The van der Waals surface area contributed by atoms with Gasteiger partial charge < -0.3 is 19.8 Å². The van der Waals surface area contributed by atoms with Gasteiger partial charge in [-0.25, -0.2) is 0 Å². The Labute approximate surface area is 161 Å². The maximum Gasteiger partial charge on any atom is 0.191 e. The fourth-order valence-corrected chi connectivity index (χ4v) is 3.48. The number of hydrogen-bond acceptors (Lipinski definition) is 4. The Morgan fingerprint density at radius 3 is 2.59 bits per heavy atom. The molecule has 1 aliphatic heterocycles. The van der Waals surface area contributed by atoms with Gasteiger partial charge in [0.1, 0.15) is 11.5 Å². The molecule has 1 atom stereocenters. The fourth-order valence-electron chi connectivity index (χ4n) is 3.48. The lowest BCUT2D eigenvalue weighted by molar-refractivity contribution is 0.215. The highest BCUT2D eigenvalue weighted by Crippen LogP contribution is 2.24. The zero-order valence-electron chi connectivity index (χ0n) is 16.3. The smallest absolute Gasteiger partial charge is 0.191 e. The van der Waals surface area contributed by atoms with E-state index in [1.807, 2.05) is 18.2 Å². The first-order valence-electron chi connectivity index (χ1n) is 9.65. The number of nitrogens with one attached hydrogen (secondary N) is 2. The fraction of sp³-hybridized carbons (Fsp3) is 0.476. The third kappa shape index (κ3) is 5.50. The van der Waals surface area contributed by atoms with E-state index in [4.69, 9.17) is 9.15 Å². The third-order valence-corrected chi connectivity index (χ3v) is 5.00. The number of hydrogen-bond donors (Lipinski definition) is 2. The standard InChI is InChI=1S/C21H30N4O2/c1-22-21(23-12-11-17-7-9-18(26-2)10-8-17)24-16-19(20-6-5-15-27-20)25-13-3-4-14-25/h5-10,15,19H,3-4,11-14,16H2,1-2H3,(H2,22,23,24). The summed E-state index contributed by atoms with van der Waals surface area (Å²) in [7, 11) is 3.49. The minimum atomic E-state index is 0.239. The minimum Gasteiger partial charge on any atom is -0.497 e. The van der Waals surface area contributed by atoms with Crippen molar-refractivity contribution in [3.63, 3.8) is 0 Å². The summed E-state index contributed by atoms with van der Waals surface area (Å²) < 4.78 is 10.9. The van der Waals surface area contributed by atoms with E-state index in [1.54, 1.807) is 20.4 Å². The summed E-state index contributed by atoms with van der Waals surface area (Å²) in [5, 5.41) is 6.85. The summed E-state index contributed by atoms with van der Waals surface area (Å²) in [5.74, 6) is 2.72. The van der Waals surface area contributed by atoms with Crippen LogP contribution in [0.15, 0.2) is 52.1 Å². The Hall–Kier alpha value is -2.47. The van der Waals surface area contributed by atoms with Crippen molar-refractivity contribution in [2.24, 2.45) is 4.99 Å². The molecule has 0 saturated carbocycles. The summed E-state index contributed by atoms with van der Waals surface area (Å²) in [4.78, 5) is 6.83. The second-order valence-electron chi connectivity index (χ2n) is 6.75. The van der Waals surface area contributed by atoms with E-state index in [0.717, 1.165) is 50.1 Å². The Morgan fingerprint density at radius 1 is 1.19 bits per heavy atom. The minimum absolute atomic E-state index is 0.239. The second-order valence-corrected chi connectivity index (χ2v) is 6.75. The van der Waals surface area contributed by atoms with E-state index in [9.17, 15) is 0 Å². The highest BCUT2D eigenvalue weighted by Gasteiger charge is 2.25. The molecule has 6 nitrogen and oxygen atoms in total. The summed E-state index contributed by atoms with van der Waals surface area (Å²) in [5.41, 5.74) is 1.27. The van der Waals surface area contributed by atoms with Crippen LogP contribution < -0.4 is 15.4 Å². The topological polar surface area (TPSA) is 62.0 Å². The van der Waals surface area contributed by atoms with E-state index in [-0.39, 0.29) is 6.04 Å². The van der Waals surface area contributed by atoms with Gasteiger partial charge in [-0.3, -0.25) is 9.89 Å². The van der Waals surface area contributed by atoms with Crippen molar-refractivity contribution in [3.8, 4) is 5.75 Å². The number of benzene rings is 1. The highest BCUT2D eigenvalue weighted by atomic mass is 16.5. The molecule has 1 unspecified atom stereocenters. The molecule has 2 heterocycles. The zero-order valence-corrected chi connectivity index (χ0v) is 16.3. The van der Waals surface area contributed by atoms with Crippen molar-refractivity contribution in [3.05, 3.63) is 54.0 Å². The molecule has 1 saturated heterocycles. The van der Waals surface area contributed by atoms with Crippen LogP contribution in [-0.2, 0) is 6.42 Å². The van der Waals surface area contributed by atoms with Crippen molar-refractivity contribution >= 4 is 5.96 Å². The zero-order chi connectivity index (χ0) is 18.9. The molecule has 1 aromatic carbocycles. The number of aliphatic imine (C=N–C) groups is 1. The Balaban J connectivity index is 1.48. The van der Waals surface area contributed by atoms with E-state index in [1.165, 1.54) is 18.4 Å². The number of furan rings is 1. The van der Waals surface area contributed by atoms with Gasteiger partial charge in [-0.2, -0.15) is 0 Å². The van der Waals surface area contributed by atoms with E-state index in [0.29, 0.717) is 0 Å². The van der Waals surface area contributed by atoms with E-state index >= 15 is 0 Å². The predicted molar refractivity (Wildman–Crippen MR) is 108 cm³/mol. The molecule has 0 radical (unpaired) electrons. The number of likely N-dealkylation sites (tertiary alicyclic amines) is 1. The number of guanidine groups is 1. The van der Waals surface area contributed by atoms with Crippen molar-refractivity contribution in [2.75, 3.05) is 40.3 Å². The van der Waals surface area contributed by atoms with Gasteiger partial charge in [0, 0.05) is 20.1 Å². The van der Waals surface area contributed by atoms with Gasteiger partial charge in [-0.15, -0.1) is 0 Å². The van der Waals surface area contributed by atoms with Gasteiger partial charge >= 0.3 is 0 Å². The van der Waals surface area contributed by atoms with Crippen molar-refractivity contribution in [1.29, 1.82) is 0 Å². The molecule has 0 aliphatic carbocycles. The maximum absolute atomic E-state index is 5.68. The van der Waals surface area contributed by atoms with Crippen LogP contribution >= 0.6 is 0 Å². The molecular weight excluding hydrogens is 340 g/mol. The number of rotatable bonds is 8. The molecule has 27 heavy (non-hydrogen) atoms. The van der Waals surface area contributed by atoms with Gasteiger partial charge in [0.15, 0.2) is 5.96 Å². The number of nitrogens with zero attached hydrogens (tertiary/aromatic N) is 2. The van der Waals surface area contributed by atoms with Crippen LogP contribution in [0.1, 0.15) is 30.2 Å². The third-order valence-electron chi connectivity index (χ3n) is 5.00. The SMILES string of the molecule is CN=C(NCCc1ccc(OC)cc1)NCC(c1ccco1)N1CCCC1. The molecular formula is C21H30N4O2. The first-order chi connectivity index (χ1) is 13.3. The summed E-state index contributed by atoms with van der Waals surface area (Å²) in [6, 6.07) is 12.4. The van der Waals surface area contributed by atoms with Gasteiger partial charge in [0.05, 0.1) is 19.4 Å². The molecule has 146 valence electrons. The van der Waals surface area contributed by atoms with Gasteiger partial charge in [-0.1, -0.05) is 12.1 Å². The van der Waals surface area contributed by atoms with E-state index in [2.05, 4.69) is 38.7 Å². The van der Waals surface area contributed by atoms with Crippen LogP contribution in [0, 0.1) is 0 Å². The Morgan fingerprint density at radius 2 is 1.96 bits per heavy atom. The molecule has 2 N–H and O–H groups in total. The summed E-state index contributed by atoms with van der Waals surface area (Å²) in [6.07, 6.45) is 5.19. The van der Waals surface area contributed by atoms with Gasteiger partial charge in [0.25, 0.3) is 0 Å². The molecule has 1 aromatic heterocycles. The van der Waals surface area contributed by atoms with Crippen LogP contribution in [0.3, 0.4) is 0 Å². The largest absolute Gasteiger partial charge is 0.497 e. The van der Waals surface area contributed by atoms with Gasteiger partial charge in [0.2, 0.25) is 0 Å². The second kappa shape index (κ2) is 10.0. The van der Waals surface area contributed by atoms with Crippen LogP contribution in [0.25, 0.3) is 0 Å². The quantitative estimate of drug-likeness (QED) is 0.553. The molecule has 2 aromatic rings. The highest BCUT2D eigenvalue weighted by molar-refractivity contribution is 5.79. The molecule has 0 bridgehead atoms. The lowest BCUT2D eigenvalue weighted by Crippen LogP contribution is -2.43. The van der Waals surface area contributed by atoms with Crippen LogP contribution in [0.5, 0.6) is 5.75 Å². The van der Waals surface area contributed by atoms with Crippen LogP contribution in [0.4, 0.5) is 0 Å². The normalized spacial score (nSPS) is 16.3. The Bertz CT molecular complexity index is 691. The number of methoxy groups -OCH3 is 1. The average molecular weight is 370 g/mol. The molecule has 1 aliphatic rings. The molecule has 1 fully saturated rings. The molecule has 6 heteroatoms. The van der Waals surface area contributed by atoms with Gasteiger partial charge in [-0.05, 0) is 62.2 Å². The monoisotopic (exact) mass is 370 g/mol. The first kappa shape index (κ1) is 19.3. The first-order valence-corrected chi connectivity index (χ1v) is 9.65. The predicted octanol–water partition coefficient (Wildman–Crippen LogP) is 2.83. The van der Waals surface area contributed by atoms with Crippen LogP contribution in [0.2, 0.25) is 0 Å². The molecule has 0 amide bonds. The van der Waals surface area contributed by atoms with Crippen molar-refractivity contribution < 1.29 is 9.15 Å². The summed E-state index contributed by atoms with van der Waals surface area (Å²) >= 11 is 0. The number of ether oxygens (including phenoxy) is 1. The Kier molecular flexibility index (Phi) is 7.16. The molecule has 0 spiro atoms. The summed E-state index contributed by atoms with van der Waals surface area (Å²) in [6.45, 7) is 3.84. The van der Waals surface area contributed by atoms with Crippen LogP contribution in [-0.4, -0.2) is 51.2 Å². The maximum atomic E-state index is 5.68. The molecule has 3 rings (SSSR count). The lowest BCUT2D eigenvalue weighted by Gasteiger charge is -2.26. The van der Waals surface area contributed by atoms with E-state index < -0.39 is 0 Å². The van der Waals surface area contributed by atoms with Crippen molar-refractivity contribution in [1.82, 2.24) is 15.5 Å².